The van der Waals surface area contributed by atoms with Crippen LogP contribution in [0.15, 0.2) is 36.4 Å². The van der Waals surface area contributed by atoms with Crippen molar-refractivity contribution in [1.29, 1.82) is 0 Å². The van der Waals surface area contributed by atoms with Crippen LogP contribution in [0.5, 0.6) is 0 Å². The van der Waals surface area contributed by atoms with Gasteiger partial charge in [-0.25, -0.2) is 0 Å². The fourth-order valence-corrected chi connectivity index (χ4v) is 2.16. The largest absolute Gasteiger partial charge is 0.299 e. The lowest BCUT2D eigenvalue weighted by molar-refractivity contribution is 0.241. The van der Waals surface area contributed by atoms with Crippen molar-refractivity contribution in [2.75, 3.05) is 19.6 Å². The first-order valence-corrected chi connectivity index (χ1v) is 7.02. The Balaban J connectivity index is 2.48. The van der Waals surface area contributed by atoms with Crippen LogP contribution in [0.25, 0.3) is 6.08 Å². The highest BCUT2D eigenvalue weighted by Crippen LogP contribution is 2.05. The van der Waals surface area contributed by atoms with Crippen LogP contribution in [-0.4, -0.2) is 24.5 Å². The Morgan fingerprint density at radius 3 is 2.00 bits per heavy atom. The van der Waals surface area contributed by atoms with E-state index >= 15 is 0 Å². The smallest absolute Gasteiger partial charge is 0.0166 e. The Morgan fingerprint density at radius 1 is 0.944 bits per heavy atom. The topological polar surface area (TPSA) is 3.24 Å². The van der Waals surface area contributed by atoms with Crippen LogP contribution in [0, 0.1) is 11.8 Å². The van der Waals surface area contributed by atoms with E-state index < -0.39 is 0 Å². The summed E-state index contributed by atoms with van der Waals surface area (Å²) in [5.41, 5.74) is 1.28. The molecule has 0 saturated carbocycles. The normalized spacial score (nSPS) is 12.2. The molecule has 0 aliphatic heterocycles. The molecule has 0 aromatic heterocycles. The van der Waals surface area contributed by atoms with Gasteiger partial charge in [0.1, 0.15) is 0 Å². The minimum Gasteiger partial charge on any atom is -0.299 e. The molecule has 0 saturated heterocycles. The van der Waals surface area contributed by atoms with Crippen molar-refractivity contribution in [1.82, 2.24) is 4.90 Å². The standard InChI is InChI=1S/C17H27N/c1-15(2)13-18(14-16(3)4)12-8-11-17-9-6-5-7-10-17/h5-11,15-16H,12-14H2,1-4H3. The Morgan fingerprint density at radius 2 is 1.50 bits per heavy atom. The third kappa shape index (κ3) is 6.61. The molecule has 1 rings (SSSR count). The van der Waals surface area contributed by atoms with E-state index in [0.29, 0.717) is 0 Å². The molecule has 0 aliphatic carbocycles. The molecular weight excluding hydrogens is 218 g/mol. The van der Waals surface area contributed by atoms with Crippen LogP contribution >= 0.6 is 0 Å². The molecule has 18 heavy (non-hydrogen) atoms. The van der Waals surface area contributed by atoms with E-state index in [0.717, 1.165) is 18.4 Å². The van der Waals surface area contributed by atoms with Crippen LogP contribution < -0.4 is 0 Å². The monoisotopic (exact) mass is 245 g/mol. The van der Waals surface area contributed by atoms with Crippen LogP contribution in [0.2, 0.25) is 0 Å². The molecule has 0 heterocycles. The second kappa shape index (κ2) is 8.10. The van der Waals surface area contributed by atoms with E-state index in [4.69, 9.17) is 0 Å². The minimum absolute atomic E-state index is 0.730. The van der Waals surface area contributed by atoms with Gasteiger partial charge in [-0.05, 0) is 17.4 Å². The first-order valence-electron chi connectivity index (χ1n) is 7.02. The number of hydrogen-bond acceptors (Lipinski definition) is 1. The van der Waals surface area contributed by atoms with Gasteiger partial charge in [0, 0.05) is 19.6 Å². The summed E-state index contributed by atoms with van der Waals surface area (Å²) in [6, 6.07) is 10.5. The third-order valence-corrected chi connectivity index (χ3v) is 2.72. The van der Waals surface area contributed by atoms with Crippen molar-refractivity contribution in [3.8, 4) is 0 Å². The highest BCUT2D eigenvalue weighted by molar-refractivity contribution is 5.48. The molecular formula is C17H27N. The number of nitrogens with zero attached hydrogens (tertiary/aromatic N) is 1. The van der Waals surface area contributed by atoms with Crippen LogP contribution in [-0.2, 0) is 0 Å². The molecule has 0 spiro atoms. The Kier molecular flexibility index (Phi) is 6.74. The summed E-state index contributed by atoms with van der Waals surface area (Å²) in [6.07, 6.45) is 4.49. The Hall–Kier alpha value is -1.08. The molecule has 1 heteroatoms. The zero-order chi connectivity index (χ0) is 13.4. The van der Waals surface area contributed by atoms with Crippen molar-refractivity contribution >= 4 is 6.08 Å². The van der Waals surface area contributed by atoms with Gasteiger partial charge in [-0.3, -0.25) is 4.90 Å². The summed E-state index contributed by atoms with van der Waals surface area (Å²) >= 11 is 0. The molecule has 0 radical (unpaired) electrons. The predicted octanol–water partition coefficient (Wildman–Crippen LogP) is 4.31. The predicted molar refractivity (Wildman–Crippen MR) is 81.6 cm³/mol. The summed E-state index contributed by atoms with van der Waals surface area (Å²) in [5.74, 6) is 1.46. The first-order chi connectivity index (χ1) is 8.58. The average Bonchev–Trinajstić information content (AvgIpc) is 2.28. The zero-order valence-electron chi connectivity index (χ0n) is 12.3. The van der Waals surface area contributed by atoms with Crippen LogP contribution in [0.3, 0.4) is 0 Å². The van der Waals surface area contributed by atoms with Crippen molar-refractivity contribution in [2.24, 2.45) is 11.8 Å². The maximum atomic E-state index is 2.54. The fourth-order valence-electron chi connectivity index (χ4n) is 2.16. The van der Waals surface area contributed by atoms with Crippen molar-refractivity contribution in [2.45, 2.75) is 27.7 Å². The molecule has 0 amide bonds. The van der Waals surface area contributed by atoms with Gasteiger partial charge >= 0.3 is 0 Å². The van der Waals surface area contributed by atoms with Gasteiger partial charge in [-0.15, -0.1) is 0 Å². The summed E-state index contributed by atoms with van der Waals surface area (Å²) in [6.45, 7) is 12.5. The molecule has 1 nitrogen and oxygen atoms in total. The average molecular weight is 245 g/mol. The van der Waals surface area contributed by atoms with Gasteiger partial charge in [-0.2, -0.15) is 0 Å². The molecule has 100 valence electrons. The minimum atomic E-state index is 0.730. The van der Waals surface area contributed by atoms with E-state index in [1.54, 1.807) is 0 Å². The zero-order valence-corrected chi connectivity index (χ0v) is 12.3. The van der Waals surface area contributed by atoms with E-state index in [-0.39, 0.29) is 0 Å². The van der Waals surface area contributed by atoms with Gasteiger partial charge in [-0.1, -0.05) is 70.2 Å². The van der Waals surface area contributed by atoms with Gasteiger partial charge in [0.2, 0.25) is 0 Å². The third-order valence-electron chi connectivity index (χ3n) is 2.72. The van der Waals surface area contributed by atoms with Gasteiger partial charge < -0.3 is 0 Å². The van der Waals surface area contributed by atoms with Gasteiger partial charge in [0.05, 0.1) is 0 Å². The first kappa shape index (κ1) is 15.0. The number of hydrogen-bond donors (Lipinski definition) is 0. The van der Waals surface area contributed by atoms with E-state index in [2.05, 4.69) is 75.1 Å². The maximum Gasteiger partial charge on any atom is 0.0166 e. The van der Waals surface area contributed by atoms with E-state index in [1.165, 1.54) is 18.7 Å². The summed E-state index contributed by atoms with van der Waals surface area (Å²) in [7, 11) is 0. The highest BCUT2D eigenvalue weighted by Gasteiger charge is 2.07. The summed E-state index contributed by atoms with van der Waals surface area (Å²) in [4.78, 5) is 2.54. The lowest BCUT2D eigenvalue weighted by Crippen LogP contribution is -2.31. The Labute approximate surface area is 113 Å². The molecule has 1 aromatic carbocycles. The van der Waals surface area contributed by atoms with Crippen molar-refractivity contribution < 1.29 is 0 Å². The van der Waals surface area contributed by atoms with Crippen LogP contribution in [0.4, 0.5) is 0 Å². The van der Waals surface area contributed by atoms with Gasteiger partial charge in [0.25, 0.3) is 0 Å². The van der Waals surface area contributed by atoms with Gasteiger partial charge in [0.15, 0.2) is 0 Å². The van der Waals surface area contributed by atoms with E-state index in [1.807, 2.05) is 0 Å². The SMILES string of the molecule is CC(C)CN(CC=Cc1ccccc1)CC(C)C. The molecule has 0 fully saturated rings. The Bertz CT molecular complexity index is 328. The maximum absolute atomic E-state index is 2.54. The molecule has 0 bridgehead atoms. The fraction of sp³-hybridized carbons (Fsp3) is 0.529. The quantitative estimate of drug-likeness (QED) is 0.691. The molecule has 0 unspecified atom stereocenters. The van der Waals surface area contributed by atoms with Crippen molar-refractivity contribution in [3.63, 3.8) is 0 Å². The van der Waals surface area contributed by atoms with Crippen molar-refractivity contribution in [3.05, 3.63) is 42.0 Å². The summed E-state index contributed by atoms with van der Waals surface area (Å²) < 4.78 is 0. The second-order valence-electron chi connectivity index (χ2n) is 5.82. The molecule has 0 N–H and O–H groups in total. The molecule has 0 aliphatic rings. The molecule has 1 aromatic rings. The van der Waals surface area contributed by atoms with E-state index in [9.17, 15) is 0 Å². The second-order valence-corrected chi connectivity index (χ2v) is 5.82. The summed E-state index contributed by atoms with van der Waals surface area (Å²) in [5, 5.41) is 0. The number of benzene rings is 1. The number of rotatable bonds is 7. The lowest BCUT2D eigenvalue weighted by atomic mass is 10.1. The lowest BCUT2D eigenvalue weighted by Gasteiger charge is -2.24. The van der Waals surface area contributed by atoms with Crippen LogP contribution in [0.1, 0.15) is 33.3 Å². The highest BCUT2D eigenvalue weighted by atomic mass is 15.1. The molecule has 0 atom stereocenters.